The van der Waals surface area contributed by atoms with Crippen molar-refractivity contribution in [2.75, 3.05) is 31.7 Å². The van der Waals surface area contributed by atoms with Gasteiger partial charge in [-0.25, -0.2) is 0 Å². The van der Waals surface area contributed by atoms with Crippen LogP contribution >= 0.6 is 11.8 Å². The van der Waals surface area contributed by atoms with Gasteiger partial charge < -0.3 is 4.74 Å². The van der Waals surface area contributed by atoms with Gasteiger partial charge in [-0.15, -0.1) is 0 Å². The summed E-state index contributed by atoms with van der Waals surface area (Å²) >= 11 is 2.04. The van der Waals surface area contributed by atoms with Crippen LogP contribution < -0.4 is 4.74 Å². The van der Waals surface area contributed by atoms with Crippen LogP contribution in [0, 0.1) is 11.3 Å². The first kappa shape index (κ1) is 14.2. The van der Waals surface area contributed by atoms with Crippen molar-refractivity contribution >= 4 is 11.8 Å². The Kier molecular flexibility index (Phi) is 5.56. The third-order valence-corrected chi connectivity index (χ3v) is 4.59. The molecule has 4 heteroatoms. The second kappa shape index (κ2) is 7.42. The Morgan fingerprint density at radius 2 is 2.21 bits per heavy atom. The Balaban J connectivity index is 1.71. The molecule has 0 amide bonds. The van der Waals surface area contributed by atoms with Crippen molar-refractivity contribution in [3.8, 4) is 11.8 Å². The minimum Gasteiger partial charge on any atom is -0.492 e. The third kappa shape index (κ3) is 4.45. The van der Waals surface area contributed by atoms with Crippen molar-refractivity contribution in [1.29, 1.82) is 5.26 Å². The first-order chi connectivity index (χ1) is 9.29. The predicted octanol–water partition coefficient (Wildman–Crippen LogP) is 2.57. The number of ether oxygens (including phenoxy) is 1. The van der Waals surface area contributed by atoms with E-state index in [4.69, 9.17) is 10.00 Å². The maximum atomic E-state index is 8.61. The average Bonchev–Trinajstić information content (AvgIpc) is 2.95. The molecule has 1 saturated heterocycles. The fourth-order valence-electron chi connectivity index (χ4n) is 2.15. The Morgan fingerprint density at radius 3 is 2.84 bits per heavy atom. The Hall–Kier alpha value is -1.18. The molecule has 0 aromatic heterocycles. The number of nitriles is 1. The lowest BCUT2D eigenvalue weighted by Crippen LogP contribution is -2.34. The monoisotopic (exact) mass is 276 g/mol. The minimum atomic E-state index is 0.461. The summed E-state index contributed by atoms with van der Waals surface area (Å²) in [6, 6.07) is 10.7. The molecule has 0 aliphatic carbocycles. The van der Waals surface area contributed by atoms with Crippen LogP contribution in [0.3, 0.4) is 0 Å². The molecule has 1 aromatic carbocycles. The van der Waals surface area contributed by atoms with Gasteiger partial charge in [-0.3, -0.25) is 4.90 Å². The molecule has 1 unspecified atom stereocenters. The zero-order chi connectivity index (χ0) is 13.5. The second-order valence-corrected chi connectivity index (χ2v) is 5.98. The molecule has 1 atom stereocenters. The molecule has 2 rings (SSSR count). The van der Waals surface area contributed by atoms with Gasteiger partial charge >= 0.3 is 0 Å². The molecule has 1 heterocycles. The molecule has 3 nitrogen and oxygen atoms in total. The summed E-state index contributed by atoms with van der Waals surface area (Å²) in [6.45, 7) is 1.68. The lowest BCUT2D eigenvalue weighted by atomic mass is 10.2. The highest BCUT2D eigenvalue weighted by molar-refractivity contribution is 7.99. The molecule has 0 N–H and O–H groups in total. The van der Waals surface area contributed by atoms with Crippen LogP contribution in [0.2, 0.25) is 0 Å². The number of likely N-dealkylation sites (N-methyl/N-ethyl adjacent to an activating group) is 1. The fourth-order valence-corrected chi connectivity index (χ4v) is 3.45. The van der Waals surface area contributed by atoms with E-state index in [-0.39, 0.29) is 0 Å². The van der Waals surface area contributed by atoms with Gasteiger partial charge in [0.25, 0.3) is 0 Å². The fraction of sp³-hybridized carbons (Fsp3) is 0.533. The van der Waals surface area contributed by atoms with Crippen LogP contribution in [0.4, 0.5) is 0 Å². The summed E-state index contributed by atoms with van der Waals surface area (Å²) in [6.07, 6.45) is 1.76. The first-order valence-electron chi connectivity index (χ1n) is 6.66. The van der Waals surface area contributed by atoms with Gasteiger partial charge in [0.2, 0.25) is 0 Å². The van der Waals surface area contributed by atoms with Gasteiger partial charge in [-0.05, 0) is 36.9 Å². The van der Waals surface area contributed by atoms with Crippen molar-refractivity contribution in [1.82, 2.24) is 4.90 Å². The highest BCUT2D eigenvalue weighted by Gasteiger charge is 2.19. The zero-order valence-corrected chi connectivity index (χ0v) is 12.2. The molecule has 0 bridgehead atoms. The summed E-state index contributed by atoms with van der Waals surface area (Å²) in [5, 5.41) is 8.61. The number of rotatable bonds is 6. The molecule has 0 saturated carbocycles. The van der Waals surface area contributed by atoms with Crippen LogP contribution in [0.5, 0.6) is 5.75 Å². The maximum absolute atomic E-state index is 8.61. The molecule has 0 spiro atoms. The standard InChI is InChI=1S/C15H20N2OS/c1-17(14-7-11-19-12-14)9-10-18-15-4-2-13(3-5-15)6-8-16/h2-5,14H,6-7,9-12H2,1H3. The van der Waals surface area contributed by atoms with Crippen LogP contribution in [-0.4, -0.2) is 42.6 Å². The summed E-state index contributed by atoms with van der Waals surface area (Å²) in [5.74, 6) is 3.42. The lowest BCUT2D eigenvalue weighted by molar-refractivity contribution is 0.202. The molecule has 1 aromatic rings. The van der Waals surface area contributed by atoms with Crippen molar-refractivity contribution in [3.63, 3.8) is 0 Å². The van der Waals surface area contributed by atoms with E-state index in [2.05, 4.69) is 18.0 Å². The zero-order valence-electron chi connectivity index (χ0n) is 11.3. The Morgan fingerprint density at radius 1 is 1.42 bits per heavy atom. The third-order valence-electron chi connectivity index (χ3n) is 3.45. The topological polar surface area (TPSA) is 36.3 Å². The molecule has 1 fully saturated rings. The largest absolute Gasteiger partial charge is 0.492 e. The van der Waals surface area contributed by atoms with Gasteiger partial charge in [0.15, 0.2) is 0 Å². The SMILES string of the molecule is CN(CCOc1ccc(CC#N)cc1)C1CCSC1. The van der Waals surface area contributed by atoms with Gasteiger partial charge in [0.1, 0.15) is 12.4 Å². The van der Waals surface area contributed by atoms with Crippen LogP contribution in [0.25, 0.3) is 0 Å². The smallest absolute Gasteiger partial charge is 0.119 e. The molecule has 102 valence electrons. The number of benzene rings is 1. The summed E-state index contributed by atoms with van der Waals surface area (Å²) in [5.41, 5.74) is 1.04. The van der Waals surface area contributed by atoms with E-state index in [9.17, 15) is 0 Å². The lowest BCUT2D eigenvalue weighted by Gasteiger charge is -2.23. The van der Waals surface area contributed by atoms with Crippen LogP contribution in [-0.2, 0) is 6.42 Å². The van der Waals surface area contributed by atoms with Gasteiger partial charge in [-0.1, -0.05) is 12.1 Å². The predicted molar refractivity (Wildman–Crippen MR) is 79.6 cm³/mol. The normalized spacial score (nSPS) is 18.5. The van der Waals surface area contributed by atoms with Gasteiger partial charge in [0.05, 0.1) is 12.5 Å². The van der Waals surface area contributed by atoms with Gasteiger partial charge in [0, 0.05) is 18.3 Å². The molecule has 1 aliphatic heterocycles. The van der Waals surface area contributed by atoms with Crippen LogP contribution in [0.1, 0.15) is 12.0 Å². The van der Waals surface area contributed by atoms with E-state index in [0.29, 0.717) is 12.5 Å². The highest BCUT2D eigenvalue weighted by Crippen LogP contribution is 2.21. The number of hydrogen-bond donors (Lipinski definition) is 0. The molecule has 0 radical (unpaired) electrons. The molecular weight excluding hydrogens is 256 g/mol. The quantitative estimate of drug-likeness (QED) is 0.800. The molecular formula is C15H20N2OS. The first-order valence-corrected chi connectivity index (χ1v) is 7.82. The van der Waals surface area contributed by atoms with E-state index in [1.165, 1.54) is 17.9 Å². The van der Waals surface area contributed by atoms with Gasteiger partial charge in [-0.2, -0.15) is 17.0 Å². The minimum absolute atomic E-state index is 0.461. The summed E-state index contributed by atoms with van der Waals surface area (Å²) < 4.78 is 5.74. The van der Waals surface area contributed by atoms with E-state index in [1.54, 1.807) is 0 Å². The van der Waals surface area contributed by atoms with E-state index < -0.39 is 0 Å². The van der Waals surface area contributed by atoms with Crippen molar-refractivity contribution in [2.24, 2.45) is 0 Å². The number of nitrogens with zero attached hydrogens (tertiary/aromatic N) is 2. The van der Waals surface area contributed by atoms with Crippen molar-refractivity contribution in [2.45, 2.75) is 18.9 Å². The van der Waals surface area contributed by atoms with E-state index >= 15 is 0 Å². The highest BCUT2D eigenvalue weighted by atomic mass is 32.2. The van der Waals surface area contributed by atoms with E-state index in [0.717, 1.165) is 24.5 Å². The summed E-state index contributed by atoms with van der Waals surface area (Å²) in [7, 11) is 2.18. The van der Waals surface area contributed by atoms with Crippen molar-refractivity contribution in [3.05, 3.63) is 29.8 Å². The van der Waals surface area contributed by atoms with E-state index in [1.807, 2.05) is 36.0 Å². The molecule has 1 aliphatic rings. The summed E-state index contributed by atoms with van der Waals surface area (Å²) in [4.78, 5) is 2.39. The van der Waals surface area contributed by atoms with Crippen LogP contribution in [0.15, 0.2) is 24.3 Å². The maximum Gasteiger partial charge on any atom is 0.119 e. The second-order valence-electron chi connectivity index (χ2n) is 4.83. The Bertz CT molecular complexity index is 421. The van der Waals surface area contributed by atoms with Crippen molar-refractivity contribution < 1.29 is 4.74 Å². The average molecular weight is 276 g/mol. The molecule has 19 heavy (non-hydrogen) atoms. The Labute approximate surface area is 119 Å². The number of thioether (sulfide) groups is 1. The number of hydrogen-bond acceptors (Lipinski definition) is 4.